The smallest absolute Gasteiger partial charge is 0.336 e. The zero-order valence-electron chi connectivity index (χ0n) is 13.8. The van der Waals surface area contributed by atoms with Crippen LogP contribution in [0.1, 0.15) is 51.7 Å². The highest BCUT2D eigenvalue weighted by Gasteiger charge is 2.41. The first-order valence-corrected chi connectivity index (χ1v) is 8.16. The summed E-state index contributed by atoms with van der Waals surface area (Å²) in [5.41, 5.74) is 4.80. The van der Waals surface area contributed by atoms with Crippen molar-refractivity contribution in [1.82, 2.24) is 0 Å². The SMILES string of the molecule is CC1(C)CCN2CCC(C)(C)c3c2c1cc1oc(=O)ccc31. The van der Waals surface area contributed by atoms with Gasteiger partial charge in [-0.25, -0.2) is 4.79 Å². The van der Waals surface area contributed by atoms with Gasteiger partial charge in [0.25, 0.3) is 0 Å². The molecular weight excluding hydrogens is 274 g/mol. The standard InChI is InChI=1S/C19H23NO2/c1-18(2)7-9-20-10-8-19(3,4)16-12-5-6-15(21)22-14(12)11-13(18)17(16)20/h5-6,11H,7-10H2,1-4H3. The number of benzene rings is 1. The van der Waals surface area contributed by atoms with Crippen LogP contribution in [-0.4, -0.2) is 13.1 Å². The Morgan fingerprint density at radius 3 is 2.45 bits per heavy atom. The van der Waals surface area contributed by atoms with E-state index in [4.69, 9.17) is 4.42 Å². The van der Waals surface area contributed by atoms with E-state index >= 15 is 0 Å². The van der Waals surface area contributed by atoms with E-state index in [1.165, 1.54) is 16.8 Å². The minimum Gasteiger partial charge on any atom is -0.423 e. The first-order chi connectivity index (χ1) is 10.3. The van der Waals surface area contributed by atoms with Crippen molar-refractivity contribution in [1.29, 1.82) is 0 Å². The Labute approximate surface area is 130 Å². The molecule has 0 N–H and O–H groups in total. The van der Waals surface area contributed by atoms with Gasteiger partial charge in [0.2, 0.25) is 0 Å². The lowest BCUT2D eigenvalue weighted by Gasteiger charge is -2.48. The third kappa shape index (κ3) is 1.77. The molecule has 0 aliphatic carbocycles. The van der Waals surface area contributed by atoms with E-state index in [2.05, 4.69) is 38.7 Å². The number of hydrogen-bond acceptors (Lipinski definition) is 3. The average Bonchev–Trinajstić information content (AvgIpc) is 2.44. The number of hydrogen-bond donors (Lipinski definition) is 0. The topological polar surface area (TPSA) is 33.5 Å². The molecule has 0 saturated carbocycles. The molecule has 4 rings (SSSR count). The zero-order valence-corrected chi connectivity index (χ0v) is 13.8. The molecule has 3 heteroatoms. The van der Waals surface area contributed by atoms with Crippen molar-refractivity contribution in [2.45, 2.75) is 51.4 Å². The summed E-state index contributed by atoms with van der Waals surface area (Å²) in [4.78, 5) is 14.2. The van der Waals surface area contributed by atoms with E-state index in [1.54, 1.807) is 6.07 Å². The van der Waals surface area contributed by atoms with Gasteiger partial charge in [-0.1, -0.05) is 27.7 Å². The van der Waals surface area contributed by atoms with Crippen LogP contribution in [-0.2, 0) is 10.8 Å². The molecule has 22 heavy (non-hydrogen) atoms. The first-order valence-electron chi connectivity index (χ1n) is 8.16. The molecule has 0 bridgehead atoms. The molecule has 2 aliphatic heterocycles. The predicted molar refractivity (Wildman–Crippen MR) is 90.0 cm³/mol. The van der Waals surface area contributed by atoms with Gasteiger partial charge in [-0.2, -0.15) is 0 Å². The molecule has 1 aromatic heterocycles. The third-order valence-electron chi connectivity index (χ3n) is 5.63. The van der Waals surface area contributed by atoms with E-state index in [0.717, 1.165) is 36.9 Å². The number of rotatable bonds is 0. The summed E-state index contributed by atoms with van der Waals surface area (Å²) in [6, 6.07) is 5.61. The average molecular weight is 297 g/mol. The minimum atomic E-state index is -0.265. The van der Waals surface area contributed by atoms with Gasteiger partial charge in [0.1, 0.15) is 5.58 Å². The second-order valence-electron chi connectivity index (χ2n) is 8.07. The van der Waals surface area contributed by atoms with Gasteiger partial charge >= 0.3 is 5.63 Å². The lowest BCUT2D eigenvalue weighted by atomic mass is 9.69. The molecule has 0 unspecified atom stereocenters. The molecule has 2 aliphatic rings. The molecular formula is C19H23NO2. The van der Waals surface area contributed by atoms with Gasteiger partial charge in [0.05, 0.1) is 0 Å². The van der Waals surface area contributed by atoms with Gasteiger partial charge in [0, 0.05) is 30.2 Å². The van der Waals surface area contributed by atoms with E-state index in [-0.39, 0.29) is 16.5 Å². The van der Waals surface area contributed by atoms with Crippen molar-refractivity contribution in [2.75, 3.05) is 18.0 Å². The number of anilines is 1. The zero-order chi connectivity index (χ0) is 15.7. The van der Waals surface area contributed by atoms with Gasteiger partial charge in [-0.05, 0) is 46.9 Å². The lowest BCUT2D eigenvalue weighted by molar-refractivity contribution is 0.402. The first kappa shape index (κ1) is 13.9. The third-order valence-corrected chi connectivity index (χ3v) is 5.63. The Bertz CT molecular complexity index is 827. The number of nitrogens with zero attached hydrogens (tertiary/aromatic N) is 1. The van der Waals surface area contributed by atoms with Crippen molar-refractivity contribution in [3.8, 4) is 0 Å². The van der Waals surface area contributed by atoms with Crippen molar-refractivity contribution in [2.24, 2.45) is 0 Å². The Hall–Kier alpha value is -1.77. The van der Waals surface area contributed by atoms with Crippen LogP contribution in [0.15, 0.2) is 27.4 Å². The lowest BCUT2D eigenvalue weighted by Crippen LogP contribution is -2.44. The van der Waals surface area contributed by atoms with Crippen LogP contribution >= 0.6 is 0 Å². The Morgan fingerprint density at radius 1 is 1.05 bits per heavy atom. The maximum Gasteiger partial charge on any atom is 0.336 e. The maximum atomic E-state index is 11.7. The molecule has 0 spiro atoms. The van der Waals surface area contributed by atoms with E-state index in [1.807, 2.05) is 6.07 Å². The molecule has 2 aromatic rings. The van der Waals surface area contributed by atoms with Gasteiger partial charge in [0.15, 0.2) is 0 Å². The summed E-state index contributed by atoms with van der Waals surface area (Å²) in [7, 11) is 0. The Morgan fingerprint density at radius 2 is 1.73 bits per heavy atom. The largest absolute Gasteiger partial charge is 0.423 e. The Kier molecular flexibility index (Phi) is 2.62. The van der Waals surface area contributed by atoms with Crippen molar-refractivity contribution >= 4 is 16.7 Å². The highest BCUT2D eigenvalue weighted by molar-refractivity contribution is 5.91. The summed E-state index contributed by atoms with van der Waals surface area (Å²) in [5, 5.41) is 1.10. The minimum absolute atomic E-state index is 0.105. The predicted octanol–water partition coefficient (Wildman–Crippen LogP) is 3.96. The molecule has 0 atom stereocenters. The molecule has 0 fully saturated rings. The summed E-state index contributed by atoms with van der Waals surface area (Å²) in [5.74, 6) is 0. The fourth-order valence-corrected chi connectivity index (χ4v) is 4.16. The molecule has 3 heterocycles. The highest BCUT2D eigenvalue weighted by atomic mass is 16.4. The van der Waals surface area contributed by atoms with E-state index in [9.17, 15) is 4.79 Å². The fourth-order valence-electron chi connectivity index (χ4n) is 4.16. The molecule has 1 aromatic carbocycles. The van der Waals surface area contributed by atoms with Gasteiger partial charge in [-0.15, -0.1) is 0 Å². The van der Waals surface area contributed by atoms with Crippen LogP contribution in [0.25, 0.3) is 11.0 Å². The van der Waals surface area contributed by atoms with Gasteiger partial charge in [-0.3, -0.25) is 0 Å². The summed E-state index contributed by atoms with van der Waals surface area (Å²) in [6.07, 6.45) is 2.28. The van der Waals surface area contributed by atoms with Crippen molar-refractivity contribution in [3.05, 3.63) is 39.7 Å². The second-order valence-corrected chi connectivity index (χ2v) is 8.07. The maximum absolute atomic E-state index is 11.7. The summed E-state index contributed by atoms with van der Waals surface area (Å²) in [6.45, 7) is 11.5. The van der Waals surface area contributed by atoms with Crippen molar-refractivity contribution < 1.29 is 4.42 Å². The molecule has 0 radical (unpaired) electrons. The molecule has 116 valence electrons. The van der Waals surface area contributed by atoms with E-state index < -0.39 is 0 Å². The molecule has 0 saturated heterocycles. The second kappa shape index (κ2) is 4.15. The summed E-state index contributed by atoms with van der Waals surface area (Å²) < 4.78 is 5.54. The monoisotopic (exact) mass is 297 g/mol. The summed E-state index contributed by atoms with van der Waals surface area (Å²) >= 11 is 0. The van der Waals surface area contributed by atoms with Crippen LogP contribution in [0.4, 0.5) is 5.69 Å². The van der Waals surface area contributed by atoms with Crippen LogP contribution in [0.3, 0.4) is 0 Å². The van der Waals surface area contributed by atoms with Gasteiger partial charge < -0.3 is 9.32 Å². The quantitative estimate of drug-likeness (QED) is 0.690. The van der Waals surface area contributed by atoms with Crippen LogP contribution in [0, 0.1) is 0 Å². The normalized spacial score (nSPS) is 21.7. The van der Waals surface area contributed by atoms with Crippen LogP contribution in [0.5, 0.6) is 0 Å². The molecule has 0 amide bonds. The number of fused-ring (bicyclic) bond motifs is 2. The van der Waals surface area contributed by atoms with Crippen LogP contribution < -0.4 is 10.5 Å². The van der Waals surface area contributed by atoms with Crippen molar-refractivity contribution in [3.63, 3.8) is 0 Å². The highest BCUT2D eigenvalue weighted by Crippen LogP contribution is 2.51. The fraction of sp³-hybridized carbons (Fsp3) is 0.526. The molecule has 3 nitrogen and oxygen atoms in total. The van der Waals surface area contributed by atoms with Crippen LogP contribution in [0.2, 0.25) is 0 Å². The van der Waals surface area contributed by atoms with E-state index in [0.29, 0.717) is 0 Å². The Balaban J connectivity index is 2.19.